The van der Waals surface area contributed by atoms with E-state index in [2.05, 4.69) is 55.2 Å². The minimum absolute atomic E-state index is 0.552. The molecule has 0 radical (unpaired) electrons. The topological polar surface area (TPSA) is 12.0 Å². The summed E-state index contributed by atoms with van der Waals surface area (Å²) in [6.45, 7) is 4.82. The fourth-order valence-electron chi connectivity index (χ4n) is 3.64. The van der Waals surface area contributed by atoms with Crippen LogP contribution in [0.1, 0.15) is 65.2 Å². The SMILES string of the molecule is CC1(C)CCC(Nc2ccccc2SC2CCCC2)CC1. The van der Waals surface area contributed by atoms with Gasteiger partial charge in [0.05, 0.1) is 0 Å². The van der Waals surface area contributed by atoms with E-state index in [1.54, 1.807) is 0 Å². The van der Waals surface area contributed by atoms with Gasteiger partial charge in [-0.3, -0.25) is 0 Å². The molecule has 21 heavy (non-hydrogen) atoms. The second-order valence-electron chi connectivity index (χ2n) is 7.60. The van der Waals surface area contributed by atoms with E-state index in [0.29, 0.717) is 11.5 Å². The molecule has 0 heterocycles. The van der Waals surface area contributed by atoms with Crippen LogP contribution in [-0.4, -0.2) is 11.3 Å². The number of anilines is 1. The quantitative estimate of drug-likeness (QED) is 0.721. The summed E-state index contributed by atoms with van der Waals surface area (Å²) >= 11 is 2.10. The van der Waals surface area contributed by atoms with Gasteiger partial charge in [0.15, 0.2) is 0 Å². The molecule has 0 aromatic heterocycles. The number of hydrogen-bond donors (Lipinski definition) is 1. The maximum atomic E-state index is 3.84. The maximum Gasteiger partial charge on any atom is 0.0480 e. The summed E-state index contributed by atoms with van der Waals surface area (Å²) in [5.41, 5.74) is 1.93. The van der Waals surface area contributed by atoms with Crippen LogP contribution >= 0.6 is 11.8 Å². The lowest BCUT2D eigenvalue weighted by Crippen LogP contribution is -2.30. The molecule has 2 heteroatoms. The van der Waals surface area contributed by atoms with Gasteiger partial charge in [0.2, 0.25) is 0 Å². The molecule has 1 nitrogen and oxygen atoms in total. The molecule has 0 bridgehead atoms. The van der Waals surface area contributed by atoms with E-state index in [1.165, 1.54) is 61.9 Å². The van der Waals surface area contributed by atoms with Crippen LogP contribution in [0.15, 0.2) is 29.2 Å². The molecule has 0 saturated heterocycles. The van der Waals surface area contributed by atoms with Crippen molar-refractivity contribution >= 4 is 17.4 Å². The van der Waals surface area contributed by atoms with Crippen LogP contribution in [0, 0.1) is 5.41 Å². The highest BCUT2D eigenvalue weighted by molar-refractivity contribution is 8.00. The van der Waals surface area contributed by atoms with Crippen LogP contribution in [0.4, 0.5) is 5.69 Å². The fraction of sp³-hybridized carbons (Fsp3) is 0.684. The van der Waals surface area contributed by atoms with Crippen molar-refractivity contribution in [3.8, 4) is 0 Å². The van der Waals surface area contributed by atoms with Gasteiger partial charge >= 0.3 is 0 Å². The Morgan fingerprint density at radius 2 is 1.67 bits per heavy atom. The highest BCUT2D eigenvalue weighted by Gasteiger charge is 2.27. The van der Waals surface area contributed by atoms with Crippen LogP contribution in [0.2, 0.25) is 0 Å². The first-order chi connectivity index (χ1) is 10.1. The first-order valence-corrected chi connectivity index (χ1v) is 9.53. The van der Waals surface area contributed by atoms with E-state index in [0.717, 1.165) is 5.25 Å². The van der Waals surface area contributed by atoms with Crippen molar-refractivity contribution in [2.45, 2.75) is 81.4 Å². The van der Waals surface area contributed by atoms with E-state index < -0.39 is 0 Å². The average Bonchev–Trinajstić information content (AvgIpc) is 2.96. The number of thioether (sulfide) groups is 1. The van der Waals surface area contributed by atoms with Crippen molar-refractivity contribution in [1.29, 1.82) is 0 Å². The molecule has 2 aliphatic carbocycles. The summed E-state index contributed by atoms with van der Waals surface area (Å²) in [4.78, 5) is 1.47. The van der Waals surface area contributed by atoms with E-state index in [4.69, 9.17) is 0 Å². The molecule has 2 aliphatic rings. The Balaban J connectivity index is 1.62. The van der Waals surface area contributed by atoms with Crippen molar-refractivity contribution in [2.75, 3.05) is 5.32 Å². The van der Waals surface area contributed by atoms with E-state index in [9.17, 15) is 0 Å². The number of nitrogens with one attached hydrogen (secondary N) is 1. The Morgan fingerprint density at radius 3 is 2.38 bits per heavy atom. The van der Waals surface area contributed by atoms with Gasteiger partial charge in [-0.25, -0.2) is 0 Å². The maximum absolute atomic E-state index is 3.84. The van der Waals surface area contributed by atoms with Crippen LogP contribution in [-0.2, 0) is 0 Å². The third-order valence-electron chi connectivity index (χ3n) is 5.18. The lowest BCUT2D eigenvalue weighted by Gasteiger charge is -2.35. The number of rotatable bonds is 4. The average molecular weight is 304 g/mol. The summed E-state index contributed by atoms with van der Waals surface area (Å²) in [6.07, 6.45) is 11.0. The molecule has 0 amide bonds. The second kappa shape index (κ2) is 6.64. The van der Waals surface area contributed by atoms with Crippen LogP contribution in [0.5, 0.6) is 0 Å². The third-order valence-corrected chi connectivity index (χ3v) is 6.60. The van der Waals surface area contributed by atoms with E-state index >= 15 is 0 Å². The molecule has 0 aliphatic heterocycles. The zero-order chi connectivity index (χ0) is 14.7. The zero-order valence-electron chi connectivity index (χ0n) is 13.5. The van der Waals surface area contributed by atoms with Gasteiger partial charge in [0, 0.05) is 21.9 Å². The van der Waals surface area contributed by atoms with Crippen molar-refractivity contribution < 1.29 is 0 Å². The third kappa shape index (κ3) is 4.18. The fourth-order valence-corrected chi connectivity index (χ4v) is 4.98. The van der Waals surface area contributed by atoms with Crippen molar-refractivity contribution in [3.05, 3.63) is 24.3 Å². The van der Waals surface area contributed by atoms with E-state index in [-0.39, 0.29) is 0 Å². The molecule has 0 atom stereocenters. The highest BCUT2D eigenvalue weighted by atomic mass is 32.2. The summed E-state index contributed by atoms with van der Waals surface area (Å²) in [5.74, 6) is 0. The van der Waals surface area contributed by atoms with Gasteiger partial charge in [0.25, 0.3) is 0 Å². The van der Waals surface area contributed by atoms with Gasteiger partial charge < -0.3 is 5.32 Å². The van der Waals surface area contributed by atoms with E-state index in [1.807, 2.05) is 0 Å². The molecule has 2 fully saturated rings. The summed E-state index contributed by atoms with van der Waals surface area (Å²) in [7, 11) is 0. The summed E-state index contributed by atoms with van der Waals surface area (Å²) in [6, 6.07) is 9.61. The first-order valence-electron chi connectivity index (χ1n) is 8.65. The van der Waals surface area contributed by atoms with Crippen molar-refractivity contribution in [2.24, 2.45) is 5.41 Å². The molecular weight excluding hydrogens is 274 g/mol. The predicted molar refractivity (Wildman–Crippen MR) is 94.2 cm³/mol. The molecule has 2 saturated carbocycles. The summed E-state index contributed by atoms with van der Waals surface area (Å²) < 4.78 is 0. The Kier molecular flexibility index (Phi) is 4.83. The van der Waals surface area contributed by atoms with Crippen LogP contribution < -0.4 is 5.32 Å². The smallest absolute Gasteiger partial charge is 0.0480 e. The predicted octanol–water partition coefficient (Wildman–Crippen LogP) is 6.10. The lowest BCUT2D eigenvalue weighted by atomic mass is 9.75. The molecule has 3 rings (SSSR count). The van der Waals surface area contributed by atoms with Gasteiger partial charge in [-0.2, -0.15) is 0 Å². The van der Waals surface area contributed by atoms with Crippen LogP contribution in [0.25, 0.3) is 0 Å². The lowest BCUT2D eigenvalue weighted by molar-refractivity contribution is 0.232. The molecule has 1 aromatic carbocycles. The monoisotopic (exact) mass is 303 g/mol. The zero-order valence-corrected chi connectivity index (χ0v) is 14.3. The minimum atomic E-state index is 0.552. The normalized spacial score (nSPS) is 23.3. The molecular formula is C19H29NS. The highest BCUT2D eigenvalue weighted by Crippen LogP contribution is 2.40. The molecule has 1 N–H and O–H groups in total. The van der Waals surface area contributed by atoms with Gasteiger partial charge in [-0.05, 0) is 56.1 Å². The van der Waals surface area contributed by atoms with Crippen LogP contribution in [0.3, 0.4) is 0 Å². The number of para-hydroxylation sites is 1. The first kappa shape index (κ1) is 15.3. The Morgan fingerprint density at radius 1 is 1.00 bits per heavy atom. The Bertz CT molecular complexity index is 452. The molecule has 0 spiro atoms. The van der Waals surface area contributed by atoms with Gasteiger partial charge in [-0.1, -0.05) is 38.8 Å². The van der Waals surface area contributed by atoms with Crippen molar-refractivity contribution in [1.82, 2.24) is 0 Å². The second-order valence-corrected chi connectivity index (χ2v) is 8.95. The molecule has 0 unspecified atom stereocenters. The van der Waals surface area contributed by atoms with Gasteiger partial charge in [-0.15, -0.1) is 11.8 Å². The minimum Gasteiger partial charge on any atom is -0.381 e. The number of hydrogen-bond acceptors (Lipinski definition) is 2. The van der Waals surface area contributed by atoms with Crippen molar-refractivity contribution in [3.63, 3.8) is 0 Å². The Labute approximate surface area is 134 Å². The van der Waals surface area contributed by atoms with Gasteiger partial charge in [0.1, 0.15) is 0 Å². The Hall–Kier alpha value is -0.630. The largest absolute Gasteiger partial charge is 0.381 e. The standard InChI is InChI=1S/C19H29NS/c1-19(2)13-11-15(12-14-19)20-17-9-5-6-10-18(17)21-16-7-3-4-8-16/h5-6,9-10,15-16,20H,3-4,7-8,11-14H2,1-2H3. The molecule has 116 valence electrons. The number of benzene rings is 1. The molecule has 1 aromatic rings. The summed E-state index contributed by atoms with van der Waals surface area (Å²) in [5, 5.41) is 4.69.